The third kappa shape index (κ3) is 5.58. The number of aliphatic hydroxyl groups excluding tert-OH is 1. The zero-order valence-corrected chi connectivity index (χ0v) is 8.42. The van der Waals surface area contributed by atoms with Crippen molar-refractivity contribution in [1.82, 2.24) is 10.3 Å². The predicted molar refractivity (Wildman–Crippen MR) is 54.9 cm³/mol. The number of hydrogen-bond donors (Lipinski definition) is 2. The molecule has 0 aliphatic rings. The highest BCUT2D eigenvalue weighted by Gasteiger charge is 1.94. The van der Waals surface area contributed by atoms with Gasteiger partial charge in [-0.15, -0.1) is 12.4 Å². The summed E-state index contributed by atoms with van der Waals surface area (Å²) in [7, 11) is 0. The molecule has 0 bridgehead atoms. The van der Waals surface area contributed by atoms with Gasteiger partial charge in [0, 0.05) is 25.5 Å². The van der Waals surface area contributed by atoms with Crippen molar-refractivity contribution in [3.8, 4) is 0 Å². The molecule has 1 heterocycles. The molecule has 1 aromatic rings. The molecular weight excluding hydrogens is 188 g/mol. The molecule has 13 heavy (non-hydrogen) atoms. The van der Waals surface area contributed by atoms with Gasteiger partial charge < -0.3 is 10.4 Å². The van der Waals surface area contributed by atoms with Crippen LogP contribution in [-0.2, 0) is 6.54 Å². The Morgan fingerprint density at radius 2 is 2.38 bits per heavy atom. The lowest BCUT2D eigenvalue weighted by molar-refractivity contribution is 0.191. The first-order chi connectivity index (χ1) is 5.79. The Labute approximate surface area is 84.6 Å². The molecule has 4 heteroatoms. The molecule has 0 amide bonds. The van der Waals surface area contributed by atoms with Gasteiger partial charge in [-0.25, -0.2) is 0 Å². The van der Waals surface area contributed by atoms with E-state index in [1.54, 1.807) is 13.1 Å². The molecule has 0 spiro atoms. The van der Waals surface area contributed by atoms with E-state index < -0.39 is 0 Å². The van der Waals surface area contributed by atoms with Gasteiger partial charge in [0.25, 0.3) is 0 Å². The second kappa shape index (κ2) is 6.83. The minimum Gasteiger partial charge on any atom is -0.392 e. The molecule has 0 aliphatic heterocycles. The van der Waals surface area contributed by atoms with Gasteiger partial charge in [0.2, 0.25) is 0 Å². The molecule has 0 saturated heterocycles. The number of pyridine rings is 1. The van der Waals surface area contributed by atoms with Gasteiger partial charge in [0.1, 0.15) is 0 Å². The number of rotatable bonds is 4. The Kier molecular flexibility index (Phi) is 6.49. The Morgan fingerprint density at radius 1 is 1.62 bits per heavy atom. The number of hydrogen-bond acceptors (Lipinski definition) is 3. The van der Waals surface area contributed by atoms with Gasteiger partial charge in [0.15, 0.2) is 0 Å². The first-order valence-electron chi connectivity index (χ1n) is 4.06. The largest absolute Gasteiger partial charge is 0.392 e. The van der Waals surface area contributed by atoms with Crippen LogP contribution in [0.4, 0.5) is 0 Å². The molecule has 0 radical (unpaired) electrons. The van der Waals surface area contributed by atoms with Gasteiger partial charge in [-0.2, -0.15) is 0 Å². The molecular formula is C9H15ClN2O. The Hall–Kier alpha value is -0.640. The summed E-state index contributed by atoms with van der Waals surface area (Å²) in [4.78, 5) is 3.98. The summed E-state index contributed by atoms with van der Waals surface area (Å²) in [6.45, 7) is 3.14. The summed E-state index contributed by atoms with van der Waals surface area (Å²) < 4.78 is 0. The summed E-state index contributed by atoms with van der Waals surface area (Å²) in [5.74, 6) is 0. The van der Waals surface area contributed by atoms with Crippen molar-refractivity contribution in [2.45, 2.75) is 19.6 Å². The Morgan fingerprint density at radius 3 is 2.92 bits per heavy atom. The van der Waals surface area contributed by atoms with Crippen LogP contribution < -0.4 is 5.32 Å². The van der Waals surface area contributed by atoms with E-state index in [9.17, 15) is 0 Å². The average Bonchev–Trinajstić information content (AvgIpc) is 2.05. The van der Waals surface area contributed by atoms with E-state index in [1.165, 1.54) is 0 Å². The second-order valence-corrected chi connectivity index (χ2v) is 2.84. The SMILES string of the molecule is CC(O)CNCc1cccnc1.Cl. The fourth-order valence-corrected chi connectivity index (χ4v) is 0.928. The smallest absolute Gasteiger partial charge is 0.0636 e. The van der Waals surface area contributed by atoms with Gasteiger partial charge in [0.05, 0.1) is 6.10 Å². The van der Waals surface area contributed by atoms with Crippen LogP contribution in [-0.4, -0.2) is 22.7 Å². The Balaban J connectivity index is 0.00000144. The fraction of sp³-hybridized carbons (Fsp3) is 0.444. The molecule has 1 aromatic heterocycles. The van der Waals surface area contributed by atoms with Gasteiger partial charge in [-0.05, 0) is 18.6 Å². The molecule has 74 valence electrons. The molecule has 1 unspecified atom stereocenters. The van der Waals surface area contributed by atoms with E-state index in [1.807, 2.05) is 18.3 Å². The van der Waals surface area contributed by atoms with E-state index in [0.29, 0.717) is 6.54 Å². The lowest BCUT2D eigenvalue weighted by Crippen LogP contribution is -2.23. The topological polar surface area (TPSA) is 45.1 Å². The molecule has 3 nitrogen and oxygen atoms in total. The van der Waals surface area contributed by atoms with Crippen molar-refractivity contribution in [3.05, 3.63) is 30.1 Å². The van der Waals surface area contributed by atoms with Crippen LogP contribution in [0.5, 0.6) is 0 Å². The molecule has 1 atom stereocenters. The van der Waals surface area contributed by atoms with Gasteiger partial charge >= 0.3 is 0 Å². The van der Waals surface area contributed by atoms with Crippen molar-refractivity contribution in [2.75, 3.05) is 6.54 Å². The number of nitrogens with one attached hydrogen (secondary N) is 1. The highest BCUT2D eigenvalue weighted by atomic mass is 35.5. The van der Waals surface area contributed by atoms with Crippen LogP contribution in [0, 0.1) is 0 Å². The number of aromatic nitrogens is 1. The fourth-order valence-electron chi connectivity index (χ4n) is 0.928. The normalized spacial score (nSPS) is 11.8. The first kappa shape index (κ1) is 12.4. The third-order valence-corrected chi connectivity index (χ3v) is 1.49. The third-order valence-electron chi connectivity index (χ3n) is 1.49. The molecule has 2 N–H and O–H groups in total. The van der Waals surface area contributed by atoms with Crippen LogP contribution in [0.2, 0.25) is 0 Å². The highest BCUT2D eigenvalue weighted by molar-refractivity contribution is 5.85. The van der Waals surface area contributed by atoms with Crippen molar-refractivity contribution < 1.29 is 5.11 Å². The first-order valence-corrected chi connectivity index (χ1v) is 4.06. The second-order valence-electron chi connectivity index (χ2n) is 2.84. The summed E-state index contributed by atoms with van der Waals surface area (Å²) in [6.07, 6.45) is 3.27. The Bertz CT molecular complexity index is 216. The van der Waals surface area contributed by atoms with Crippen LogP contribution in [0.1, 0.15) is 12.5 Å². The zero-order chi connectivity index (χ0) is 8.81. The van der Waals surface area contributed by atoms with Crippen molar-refractivity contribution in [2.24, 2.45) is 0 Å². The maximum absolute atomic E-state index is 8.95. The van der Waals surface area contributed by atoms with Crippen LogP contribution >= 0.6 is 12.4 Å². The minimum absolute atomic E-state index is 0. The molecule has 0 aliphatic carbocycles. The standard InChI is InChI=1S/C9H14N2O.ClH/c1-8(12)5-11-7-9-3-2-4-10-6-9;/h2-4,6,8,11-12H,5,7H2,1H3;1H. The zero-order valence-electron chi connectivity index (χ0n) is 7.60. The van der Waals surface area contributed by atoms with Crippen LogP contribution in [0.3, 0.4) is 0 Å². The number of nitrogens with zero attached hydrogens (tertiary/aromatic N) is 1. The van der Waals surface area contributed by atoms with Crippen molar-refractivity contribution >= 4 is 12.4 Å². The van der Waals surface area contributed by atoms with Crippen LogP contribution in [0.15, 0.2) is 24.5 Å². The molecule has 0 fully saturated rings. The molecule has 0 saturated carbocycles. The monoisotopic (exact) mass is 202 g/mol. The van der Waals surface area contributed by atoms with Gasteiger partial charge in [-0.3, -0.25) is 4.98 Å². The lowest BCUT2D eigenvalue weighted by Gasteiger charge is -2.05. The van der Waals surface area contributed by atoms with E-state index in [4.69, 9.17) is 5.11 Å². The van der Waals surface area contributed by atoms with E-state index in [2.05, 4.69) is 10.3 Å². The summed E-state index contributed by atoms with van der Waals surface area (Å²) >= 11 is 0. The maximum Gasteiger partial charge on any atom is 0.0636 e. The van der Waals surface area contributed by atoms with Crippen molar-refractivity contribution in [3.63, 3.8) is 0 Å². The molecule has 0 aromatic carbocycles. The minimum atomic E-state index is -0.290. The van der Waals surface area contributed by atoms with E-state index in [0.717, 1.165) is 12.1 Å². The average molecular weight is 203 g/mol. The van der Waals surface area contributed by atoms with Gasteiger partial charge in [-0.1, -0.05) is 6.07 Å². The summed E-state index contributed by atoms with van der Waals surface area (Å²) in [6, 6.07) is 3.90. The van der Waals surface area contributed by atoms with Crippen LogP contribution in [0.25, 0.3) is 0 Å². The van der Waals surface area contributed by atoms with E-state index in [-0.39, 0.29) is 18.5 Å². The quantitative estimate of drug-likeness (QED) is 0.765. The number of aliphatic hydroxyl groups is 1. The van der Waals surface area contributed by atoms with E-state index >= 15 is 0 Å². The predicted octanol–water partition coefficient (Wildman–Crippen LogP) is 0.974. The lowest BCUT2D eigenvalue weighted by atomic mass is 10.3. The molecule has 1 rings (SSSR count). The summed E-state index contributed by atoms with van der Waals surface area (Å²) in [5.41, 5.74) is 1.14. The highest BCUT2D eigenvalue weighted by Crippen LogP contribution is 1.93. The maximum atomic E-state index is 8.95. The summed E-state index contributed by atoms with van der Waals surface area (Å²) in [5, 5.41) is 12.1. The van der Waals surface area contributed by atoms with Crippen molar-refractivity contribution in [1.29, 1.82) is 0 Å². The number of halogens is 1.